The van der Waals surface area contributed by atoms with Crippen LogP contribution in [0, 0.1) is 11.6 Å². The molecule has 1 aromatic heterocycles. The van der Waals surface area contributed by atoms with Crippen LogP contribution in [-0.2, 0) is 11.8 Å². The van der Waals surface area contributed by atoms with Gasteiger partial charge < -0.3 is 0 Å². The fourth-order valence-corrected chi connectivity index (χ4v) is 2.51. The minimum Gasteiger partial charge on any atom is -0.299 e. The van der Waals surface area contributed by atoms with Gasteiger partial charge in [-0.1, -0.05) is 24.3 Å². The van der Waals surface area contributed by atoms with Crippen molar-refractivity contribution >= 4 is 17.4 Å². The van der Waals surface area contributed by atoms with Crippen molar-refractivity contribution in [3.8, 4) is 0 Å². The van der Waals surface area contributed by atoms with Gasteiger partial charge in [0, 0.05) is 11.1 Å². The van der Waals surface area contributed by atoms with Gasteiger partial charge in [0.1, 0.15) is 17.9 Å². The first-order valence-corrected chi connectivity index (χ1v) is 7.71. The fourth-order valence-electron chi connectivity index (χ4n) is 2.51. The molecule has 0 radical (unpaired) electrons. The zero-order valence-corrected chi connectivity index (χ0v) is 13.8. The molecule has 3 rings (SSSR count). The molecule has 3 aromatic rings. The van der Waals surface area contributed by atoms with Crippen LogP contribution in [0.2, 0.25) is 0 Å². The zero-order chi connectivity index (χ0) is 18.5. The number of nitrogens with zero attached hydrogens (tertiary/aromatic N) is 4. The number of rotatable bonds is 5. The Morgan fingerprint density at radius 3 is 1.92 bits per heavy atom. The molecule has 0 saturated carbocycles. The van der Waals surface area contributed by atoms with E-state index < -0.39 is 0 Å². The van der Waals surface area contributed by atoms with Crippen LogP contribution in [0.5, 0.6) is 0 Å². The summed E-state index contributed by atoms with van der Waals surface area (Å²) in [4.78, 5) is 12.1. The third kappa shape index (κ3) is 3.77. The summed E-state index contributed by atoms with van der Waals surface area (Å²) in [6.07, 6.45) is 3.48. The van der Waals surface area contributed by atoms with Crippen molar-refractivity contribution in [2.45, 2.75) is 0 Å². The van der Waals surface area contributed by atoms with Crippen LogP contribution in [0.3, 0.4) is 0 Å². The largest absolute Gasteiger partial charge is 0.299 e. The average molecular weight is 352 g/mol. The summed E-state index contributed by atoms with van der Waals surface area (Å²) < 4.78 is 26.7. The van der Waals surface area contributed by atoms with Crippen LogP contribution in [-0.4, -0.2) is 26.5 Å². The number of hydrogen-bond acceptors (Lipinski definition) is 4. The lowest BCUT2D eigenvalue weighted by Crippen LogP contribution is -1.97. The number of halogens is 2. The van der Waals surface area contributed by atoms with Crippen LogP contribution in [0.15, 0.2) is 60.7 Å². The van der Waals surface area contributed by atoms with E-state index in [2.05, 4.69) is 15.4 Å². The van der Waals surface area contributed by atoms with Gasteiger partial charge in [-0.3, -0.25) is 4.79 Å². The molecule has 0 spiro atoms. The highest BCUT2D eigenvalue weighted by atomic mass is 19.1. The first-order chi connectivity index (χ1) is 12.6. The van der Waals surface area contributed by atoms with Crippen LogP contribution in [0.25, 0.3) is 11.1 Å². The number of aryl methyl sites for hydroxylation is 1. The molecule has 0 unspecified atom stereocenters. The van der Waals surface area contributed by atoms with E-state index in [4.69, 9.17) is 0 Å². The molecule has 0 aliphatic carbocycles. The number of tetrazole rings is 1. The summed E-state index contributed by atoms with van der Waals surface area (Å²) in [5, 5.41) is 12.0. The minimum atomic E-state index is -0.380. The minimum absolute atomic E-state index is 0.286. The normalized spacial score (nSPS) is 10.9. The Bertz CT molecular complexity index is 926. The number of carbonyl (C=O) groups is 1. The van der Waals surface area contributed by atoms with E-state index in [0.717, 1.165) is 0 Å². The molecule has 0 fully saturated rings. The molecule has 26 heavy (non-hydrogen) atoms. The van der Waals surface area contributed by atoms with Crippen LogP contribution >= 0.6 is 0 Å². The van der Waals surface area contributed by atoms with Gasteiger partial charge in [-0.15, -0.1) is 10.2 Å². The van der Waals surface area contributed by atoms with Crippen molar-refractivity contribution < 1.29 is 13.6 Å². The van der Waals surface area contributed by atoms with Gasteiger partial charge in [0.25, 0.3) is 0 Å². The molecule has 0 N–H and O–H groups in total. The first kappa shape index (κ1) is 17.3. The fraction of sp³-hybridized carbons (Fsp3) is 0.0526. The molecule has 130 valence electrons. The van der Waals surface area contributed by atoms with E-state index in [1.807, 2.05) is 0 Å². The predicted molar refractivity (Wildman–Crippen MR) is 92.7 cm³/mol. The van der Waals surface area contributed by atoms with Gasteiger partial charge in [0.2, 0.25) is 5.82 Å². The molecule has 0 atom stereocenters. The summed E-state index contributed by atoms with van der Waals surface area (Å²) in [7, 11) is 1.62. The van der Waals surface area contributed by atoms with Crippen molar-refractivity contribution in [1.82, 2.24) is 20.2 Å². The van der Waals surface area contributed by atoms with Gasteiger partial charge >= 0.3 is 0 Å². The van der Waals surface area contributed by atoms with E-state index in [1.165, 1.54) is 35.1 Å². The van der Waals surface area contributed by atoms with Crippen LogP contribution in [0.4, 0.5) is 8.78 Å². The highest BCUT2D eigenvalue weighted by molar-refractivity contribution is 6.01. The van der Waals surface area contributed by atoms with Gasteiger partial charge in [0.05, 0.1) is 7.05 Å². The van der Waals surface area contributed by atoms with Crippen molar-refractivity contribution in [1.29, 1.82) is 0 Å². The number of aromatic nitrogens is 4. The van der Waals surface area contributed by atoms with E-state index in [9.17, 15) is 13.6 Å². The lowest BCUT2D eigenvalue weighted by atomic mass is 9.92. The highest BCUT2D eigenvalue weighted by Crippen LogP contribution is 2.32. The number of carbonyl (C=O) groups excluding carboxylic acids is 1. The average Bonchev–Trinajstić information content (AvgIpc) is 3.07. The molecule has 0 amide bonds. The molecule has 1 heterocycles. The molecule has 0 aliphatic heterocycles. The van der Waals surface area contributed by atoms with E-state index in [-0.39, 0.29) is 17.5 Å². The predicted octanol–water partition coefficient (Wildman–Crippen LogP) is 3.20. The van der Waals surface area contributed by atoms with Crippen molar-refractivity contribution in [2.24, 2.45) is 7.05 Å². The van der Waals surface area contributed by atoms with Crippen LogP contribution in [0.1, 0.15) is 17.0 Å². The lowest BCUT2D eigenvalue weighted by Gasteiger charge is -2.12. The Morgan fingerprint density at radius 2 is 1.50 bits per heavy atom. The number of allylic oxidation sites excluding steroid dienone is 3. The number of aldehydes is 1. The van der Waals surface area contributed by atoms with Gasteiger partial charge in [-0.25, -0.2) is 8.78 Å². The SMILES string of the molecule is Cn1nnc(C(/C=C/C=O)=C(c2ccc(F)cc2)c2ccc(F)cc2)n1. The maximum atomic E-state index is 13.4. The van der Waals surface area contributed by atoms with Crippen molar-refractivity contribution in [3.05, 3.63) is 89.3 Å². The Balaban J connectivity index is 2.31. The molecule has 0 bridgehead atoms. The maximum absolute atomic E-state index is 13.4. The number of hydrogen-bond donors (Lipinski definition) is 0. The smallest absolute Gasteiger partial charge is 0.205 e. The van der Waals surface area contributed by atoms with Gasteiger partial charge in [-0.2, -0.15) is 4.80 Å². The second-order valence-electron chi connectivity index (χ2n) is 5.40. The molecular weight excluding hydrogens is 338 g/mol. The van der Waals surface area contributed by atoms with Gasteiger partial charge in [-0.05, 0) is 52.8 Å². The molecule has 2 aromatic carbocycles. The topological polar surface area (TPSA) is 60.7 Å². The standard InChI is InChI=1S/C19H14F2N4O/c1-25-23-19(22-24-25)17(3-2-12-26)18(13-4-8-15(20)9-5-13)14-6-10-16(21)11-7-14/h2-12H,1H3/b3-2+. The third-order valence-corrected chi connectivity index (χ3v) is 3.63. The van der Waals surface area contributed by atoms with E-state index in [1.54, 1.807) is 37.4 Å². The summed E-state index contributed by atoms with van der Waals surface area (Å²) >= 11 is 0. The van der Waals surface area contributed by atoms with Crippen LogP contribution < -0.4 is 0 Å². The van der Waals surface area contributed by atoms with Crippen molar-refractivity contribution in [2.75, 3.05) is 0 Å². The van der Waals surface area contributed by atoms with E-state index in [0.29, 0.717) is 28.6 Å². The summed E-state index contributed by atoms with van der Waals surface area (Å²) in [6.45, 7) is 0. The third-order valence-electron chi connectivity index (χ3n) is 3.63. The summed E-state index contributed by atoms with van der Waals surface area (Å²) in [6, 6.07) is 11.7. The molecule has 0 aliphatic rings. The zero-order valence-electron chi connectivity index (χ0n) is 13.8. The molecule has 0 saturated heterocycles. The van der Waals surface area contributed by atoms with E-state index >= 15 is 0 Å². The second-order valence-corrected chi connectivity index (χ2v) is 5.40. The highest BCUT2D eigenvalue weighted by Gasteiger charge is 2.16. The molecular formula is C19H14F2N4O. The van der Waals surface area contributed by atoms with Crippen molar-refractivity contribution in [3.63, 3.8) is 0 Å². The quantitative estimate of drug-likeness (QED) is 0.402. The Labute approximate surface area is 148 Å². The van der Waals surface area contributed by atoms with Gasteiger partial charge in [0.15, 0.2) is 0 Å². The summed E-state index contributed by atoms with van der Waals surface area (Å²) in [5.74, 6) is -0.473. The maximum Gasteiger partial charge on any atom is 0.205 e. The first-order valence-electron chi connectivity index (χ1n) is 7.71. The Kier molecular flexibility index (Phi) is 5.07. The monoisotopic (exact) mass is 352 g/mol. The Morgan fingerprint density at radius 1 is 0.962 bits per heavy atom. The molecule has 7 heteroatoms. The second kappa shape index (κ2) is 7.60. The Hall–Kier alpha value is -3.48. The number of benzene rings is 2. The molecule has 5 nitrogen and oxygen atoms in total. The lowest BCUT2D eigenvalue weighted by molar-refractivity contribution is -0.104. The summed E-state index contributed by atoms with van der Waals surface area (Å²) in [5.41, 5.74) is 2.45.